The topological polar surface area (TPSA) is 38.9 Å². The Bertz CT molecular complexity index is 518. The van der Waals surface area contributed by atoms with Gasteiger partial charge in [-0.2, -0.15) is 0 Å². The Hall–Kier alpha value is -1.83. The van der Waals surface area contributed by atoms with E-state index in [1.807, 2.05) is 18.2 Å². The molecule has 0 spiro atoms. The van der Waals surface area contributed by atoms with Crippen molar-refractivity contribution in [2.45, 2.75) is 19.3 Å². The first-order valence-corrected chi connectivity index (χ1v) is 5.68. The number of benzene rings is 1. The first-order valence-electron chi connectivity index (χ1n) is 5.68. The van der Waals surface area contributed by atoms with Gasteiger partial charge < -0.3 is 5.73 Å². The number of hydrogen-bond acceptors (Lipinski definition) is 2. The van der Waals surface area contributed by atoms with Crippen LogP contribution in [-0.4, -0.2) is 4.98 Å². The largest absolute Gasteiger partial charge is 0.383 e. The molecule has 0 bridgehead atoms. The average molecular weight is 210 g/mol. The number of aromatic nitrogens is 1. The summed E-state index contributed by atoms with van der Waals surface area (Å²) in [7, 11) is 0. The average Bonchev–Trinajstić information content (AvgIpc) is 2.79. The standard InChI is InChI=1S/C14H14N2/c15-14-12-8-4-7-11(12)9-13(16-14)10-5-2-1-3-6-10/h1-3,5-6,9H,4,7-8H2,(H2,15,16). The second-order valence-corrected chi connectivity index (χ2v) is 4.25. The van der Waals surface area contributed by atoms with Gasteiger partial charge >= 0.3 is 0 Å². The van der Waals surface area contributed by atoms with Gasteiger partial charge in [0.05, 0.1) is 5.69 Å². The summed E-state index contributed by atoms with van der Waals surface area (Å²) >= 11 is 0. The van der Waals surface area contributed by atoms with Crippen LogP contribution < -0.4 is 5.73 Å². The first kappa shape index (κ1) is 9.40. The number of fused-ring (bicyclic) bond motifs is 1. The van der Waals surface area contributed by atoms with Crippen molar-refractivity contribution in [3.05, 3.63) is 47.5 Å². The fraction of sp³-hybridized carbons (Fsp3) is 0.214. The number of pyridine rings is 1. The fourth-order valence-electron chi connectivity index (χ4n) is 2.37. The summed E-state index contributed by atoms with van der Waals surface area (Å²) in [5.74, 6) is 0.717. The third-order valence-corrected chi connectivity index (χ3v) is 3.19. The Morgan fingerprint density at radius 3 is 2.69 bits per heavy atom. The Morgan fingerprint density at radius 1 is 1.06 bits per heavy atom. The van der Waals surface area contributed by atoms with Crippen molar-refractivity contribution >= 4 is 5.82 Å². The number of aryl methyl sites for hydroxylation is 1. The van der Waals surface area contributed by atoms with Gasteiger partial charge in [-0.25, -0.2) is 4.98 Å². The van der Waals surface area contributed by atoms with Gasteiger partial charge in [-0.3, -0.25) is 0 Å². The van der Waals surface area contributed by atoms with Crippen molar-refractivity contribution in [1.29, 1.82) is 0 Å². The zero-order valence-electron chi connectivity index (χ0n) is 9.11. The molecule has 0 unspecified atom stereocenters. The molecule has 1 aliphatic carbocycles. The number of rotatable bonds is 1. The number of anilines is 1. The first-order chi connectivity index (χ1) is 7.84. The molecular formula is C14H14N2. The molecule has 0 aliphatic heterocycles. The van der Waals surface area contributed by atoms with E-state index in [-0.39, 0.29) is 0 Å². The van der Waals surface area contributed by atoms with Gasteiger partial charge in [0.2, 0.25) is 0 Å². The fourth-order valence-corrected chi connectivity index (χ4v) is 2.37. The van der Waals surface area contributed by atoms with Gasteiger partial charge in [-0.1, -0.05) is 30.3 Å². The molecular weight excluding hydrogens is 196 g/mol. The van der Waals surface area contributed by atoms with Crippen LogP contribution in [0.5, 0.6) is 0 Å². The quantitative estimate of drug-likeness (QED) is 0.786. The second kappa shape index (κ2) is 3.63. The molecule has 80 valence electrons. The van der Waals surface area contributed by atoms with Crippen molar-refractivity contribution in [1.82, 2.24) is 4.98 Å². The summed E-state index contributed by atoms with van der Waals surface area (Å²) in [6, 6.07) is 12.4. The lowest BCUT2D eigenvalue weighted by atomic mass is 10.1. The Kier molecular flexibility index (Phi) is 2.13. The highest BCUT2D eigenvalue weighted by Crippen LogP contribution is 2.29. The van der Waals surface area contributed by atoms with Crippen LogP contribution >= 0.6 is 0 Å². The summed E-state index contributed by atoms with van der Waals surface area (Å²) in [6.07, 6.45) is 3.44. The predicted molar refractivity (Wildman–Crippen MR) is 66.1 cm³/mol. The van der Waals surface area contributed by atoms with Crippen LogP contribution in [0.25, 0.3) is 11.3 Å². The number of hydrogen-bond donors (Lipinski definition) is 1. The molecule has 1 aromatic heterocycles. The highest BCUT2D eigenvalue weighted by molar-refractivity contribution is 5.64. The SMILES string of the molecule is Nc1nc(-c2ccccc2)cc2c1CCC2. The van der Waals surface area contributed by atoms with E-state index in [2.05, 4.69) is 23.2 Å². The van der Waals surface area contributed by atoms with Crippen molar-refractivity contribution in [3.8, 4) is 11.3 Å². The lowest BCUT2D eigenvalue weighted by Crippen LogP contribution is -1.99. The van der Waals surface area contributed by atoms with E-state index >= 15 is 0 Å². The van der Waals surface area contributed by atoms with E-state index < -0.39 is 0 Å². The monoisotopic (exact) mass is 210 g/mol. The molecule has 0 amide bonds. The summed E-state index contributed by atoms with van der Waals surface area (Å²) in [4.78, 5) is 4.49. The molecule has 2 nitrogen and oxygen atoms in total. The van der Waals surface area contributed by atoms with Gasteiger partial charge in [0, 0.05) is 5.56 Å². The van der Waals surface area contributed by atoms with E-state index in [0.29, 0.717) is 5.82 Å². The van der Waals surface area contributed by atoms with E-state index in [1.54, 1.807) is 0 Å². The number of nitrogens with two attached hydrogens (primary N) is 1. The maximum absolute atomic E-state index is 6.00. The zero-order chi connectivity index (χ0) is 11.0. The van der Waals surface area contributed by atoms with Crippen LogP contribution in [0.15, 0.2) is 36.4 Å². The summed E-state index contributed by atoms with van der Waals surface area (Å²) in [6.45, 7) is 0. The lowest BCUT2D eigenvalue weighted by molar-refractivity contribution is 0.912. The van der Waals surface area contributed by atoms with E-state index in [9.17, 15) is 0 Å². The van der Waals surface area contributed by atoms with Crippen LogP contribution in [-0.2, 0) is 12.8 Å². The molecule has 3 rings (SSSR count). The minimum atomic E-state index is 0.717. The van der Waals surface area contributed by atoms with Crippen molar-refractivity contribution in [2.75, 3.05) is 5.73 Å². The maximum atomic E-state index is 6.00. The zero-order valence-corrected chi connectivity index (χ0v) is 9.11. The maximum Gasteiger partial charge on any atom is 0.127 e. The highest BCUT2D eigenvalue weighted by atomic mass is 14.8. The van der Waals surface area contributed by atoms with Crippen LogP contribution in [0.3, 0.4) is 0 Å². The second-order valence-electron chi connectivity index (χ2n) is 4.25. The third kappa shape index (κ3) is 1.47. The van der Waals surface area contributed by atoms with Crippen molar-refractivity contribution in [3.63, 3.8) is 0 Å². The molecule has 0 saturated heterocycles. The molecule has 2 heteroatoms. The van der Waals surface area contributed by atoms with E-state index in [1.165, 1.54) is 17.5 Å². The van der Waals surface area contributed by atoms with Gasteiger partial charge in [-0.05, 0) is 36.5 Å². The molecule has 1 heterocycles. The van der Waals surface area contributed by atoms with Gasteiger partial charge in [-0.15, -0.1) is 0 Å². The van der Waals surface area contributed by atoms with Crippen molar-refractivity contribution < 1.29 is 0 Å². The van der Waals surface area contributed by atoms with Gasteiger partial charge in [0.25, 0.3) is 0 Å². The van der Waals surface area contributed by atoms with Crippen LogP contribution in [0.1, 0.15) is 17.5 Å². The van der Waals surface area contributed by atoms with Gasteiger partial charge in [0.15, 0.2) is 0 Å². The Balaban J connectivity index is 2.13. The van der Waals surface area contributed by atoms with Crippen LogP contribution in [0.2, 0.25) is 0 Å². The minimum Gasteiger partial charge on any atom is -0.383 e. The number of nitrogen functional groups attached to an aromatic ring is 1. The lowest BCUT2D eigenvalue weighted by Gasteiger charge is -2.07. The molecule has 1 aromatic carbocycles. The molecule has 1 aliphatic rings. The smallest absolute Gasteiger partial charge is 0.127 e. The predicted octanol–water partition coefficient (Wildman–Crippen LogP) is 2.82. The molecule has 2 aromatic rings. The Morgan fingerprint density at radius 2 is 1.88 bits per heavy atom. The summed E-state index contributed by atoms with van der Waals surface area (Å²) < 4.78 is 0. The normalized spacial score (nSPS) is 13.8. The minimum absolute atomic E-state index is 0.717. The molecule has 0 radical (unpaired) electrons. The van der Waals surface area contributed by atoms with E-state index in [0.717, 1.165) is 24.1 Å². The highest BCUT2D eigenvalue weighted by Gasteiger charge is 2.16. The van der Waals surface area contributed by atoms with Crippen LogP contribution in [0, 0.1) is 0 Å². The van der Waals surface area contributed by atoms with Crippen molar-refractivity contribution in [2.24, 2.45) is 0 Å². The van der Waals surface area contributed by atoms with E-state index in [4.69, 9.17) is 5.73 Å². The molecule has 0 atom stereocenters. The Labute approximate surface area is 95.1 Å². The van der Waals surface area contributed by atoms with Crippen LogP contribution in [0.4, 0.5) is 5.82 Å². The molecule has 0 fully saturated rings. The number of nitrogens with zero attached hydrogens (tertiary/aromatic N) is 1. The third-order valence-electron chi connectivity index (χ3n) is 3.19. The van der Waals surface area contributed by atoms with Gasteiger partial charge in [0.1, 0.15) is 5.82 Å². The molecule has 2 N–H and O–H groups in total. The summed E-state index contributed by atoms with van der Waals surface area (Å²) in [5.41, 5.74) is 10.8. The molecule has 0 saturated carbocycles. The molecule has 16 heavy (non-hydrogen) atoms. The summed E-state index contributed by atoms with van der Waals surface area (Å²) in [5, 5.41) is 0.